The van der Waals surface area contributed by atoms with Gasteiger partial charge in [0.2, 0.25) is 5.89 Å². The van der Waals surface area contributed by atoms with Crippen molar-refractivity contribution in [3.63, 3.8) is 0 Å². The van der Waals surface area contributed by atoms with Crippen molar-refractivity contribution >= 4 is 23.3 Å². The summed E-state index contributed by atoms with van der Waals surface area (Å²) in [5, 5.41) is 2.72. The number of aryl methyl sites for hydroxylation is 1. The minimum Gasteiger partial charge on any atom is -0.451 e. The summed E-state index contributed by atoms with van der Waals surface area (Å²) in [6.07, 6.45) is 0. The van der Waals surface area contributed by atoms with Crippen LogP contribution in [-0.4, -0.2) is 49.8 Å². The van der Waals surface area contributed by atoms with Crippen LogP contribution < -0.4 is 10.2 Å². The largest absolute Gasteiger partial charge is 0.451 e. The van der Waals surface area contributed by atoms with Gasteiger partial charge in [0, 0.05) is 30.0 Å². The number of nitrogens with zero attached hydrogens (tertiary/aromatic N) is 2. The maximum absolute atomic E-state index is 12.3. The number of hydrogen-bond acceptors (Lipinski definition) is 7. The van der Waals surface area contributed by atoms with Gasteiger partial charge in [-0.05, 0) is 43.3 Å². The van der Waals surface area contributed by atoms with Crippen LogP contribution in [0.4, 0.5) is 11.4 Å². The number of oxazole rings is 1. The van der Waals surface area contributed by atoms with Crippen LogP contribution in [0.2, 0.25) is 0 Å². The molecule has 1 fully saturated rings. The monoisotopic (exact) mass is 421 g/mol. The summed E-state index contributed by atoms with van der Waals surface area (Å²) >= 11 is 0. The third-order valence-corrected chi connectivity index (χ3v) is 4.87. The zero-order valence-corrected chi connectivity index (χ0v) is 17.2. The summed E-state index contributed by atoms with van der Waals surface area (Å²) < 4.78 is 16.0. The molecule has 0 aliphatic carbocycles. The number of hydrogen-bond donors (Lipinski definition) is 1. The Morgan fingerprint density at radius 1 is 1.06 bits per heavy atom. The van der Waals surface area contributed by atoms with Gasteiger partial charge in [-0.1, -0.05) is 18.2 Å². The minimum atomic E-state index is -0.707. The van der Waals surface area contributed by atoms with E-state index in [0.717, 1.165) is 24.3 Å². The third kappa shape index (κ3) is 5.10. The number of amides is 1. The van der Waals surface area contributed by atoms with Crippen LogP contribution in [-0.2, 0) is 14.3 Å². The summed E-state index contributed by atoms with van der Waals surface area (Å²) in [4.78, 5) is 31.0. The molecule has 0 saturated carbocycles. The van der Waals surface area contributed by atoms with Gasteiger partial charge in [-0.15, -0.1) is 0 Å². The molecule has 3 aromatic rings. The number of aromatic nitrogens is 1. The average molecular weight is 421 g/mol. The molecule has 0 atom stereocenters. The fourth-order valence-corrected chi connectivity index (χ4v) is 3.26. The Kier molecular flexibility index (Phi) is 6.28. The molecule has 0 spiro atoms. The number of carbonyl (C=O) groups excluding carboxylic acids is 2. The SMILES string of the molecule is Cc1oc(-c2ccccc2)nc1C(=O)OCC(=O)Nc1ccc(N2CCOCC2)cc1. The molecule has 1 aliphatic heterocycles. The number of anilines is 2. The fourth-order valence-electron chi connectivity index (χ4n) is 3.26. The van der Waals surface area contributed by atoms with Gasteiger partial charge < -0.3 is 24.1 Å². The highest BCUT2D eigenvalue weighted by Gasteiger charge is 2.20. The van der Waals surface area contributed by atoms with Crippen molar-refractivity contribution in [3.05, 3.63) is 66.1 Å². The molecular formula is C23H23N3O5. The lowest BCUT2D eigenvalue weighted by Crippen LogP contribution is -2.36. The number of ether oxygens (including phenoxy) is 2. The van der Waals surface area contributed by atoms with Gasteiger partial charge in [0.25, 0.3) is 5.91 Å². The Balaban J connectivity index is 1.30. The van der Waals surface area contributed by atoms with Gasteiger partial charge >= 0.3 is 5.97 Å². The second-order valence-electron chi connectivity index (χ2n) is 7.06. The molecule has 160 valence electrons. The molecule has 1 N–H and O–H groups in total. The Bertz CT molecular complexity index is 1040. The van der Waals surface area contributed by atoms with E-state index in [0.29, 0.717) is 30.6 Å². The number of carbonyl (C=O) groups is 2. The van der Waals surface area contributed by atoms with Crippen LogP contribution in [0.15, 0.2) is 59.0 Å². The molecule has 2 aromatic carbocycles. The predicted molar refractivity (Wildman–Crippen MR) is 115 cm³/mol. The lowest BCUT2D eigenvalue weighted by atomic mass is 10.2. The molecule has 0 radical (unpaired) electrons. The summed E-state index contributed by atoms with van der Waals surface area (Å²) in [6, 6.07) is 16.8. The van der Waals surface area contributed by atoms with Crippen molar-refractivity contribution in [2.45, 2.75) is 6.92 Å². The molecule has 8 heteroatoms. The first-order chi connectivity index (χ1) is 15.1. The van der Waals surface area contributed by atoms with Crippen LogP contribution in [0.5, 0.6) is 0 Å². The van der Waals surface area contributed by atoms with Crippen LogP contribution in [0.25, 0.3) is 11.5 Å². The Hall–Kier alpha value is -3.65. The summed E-state index contributed by atoms with van der Waals surface area (Å²) in [6.45, 7) is 4.32. The first-order valence-electron chi connectivity index (χ1n) is 10.0. The van der Waals surface area contributed by atoms with Gasteiger partial charge in [0.1, 0.15) is 5.76 Å². The second kappa shape index (κ2) is 9.44. The van der Waals surface area contributed by atoms with Gasteiger partial charge in [0.05, 0.1) is 13.2 Å². The number of nitrogens with one attached hydrogen (secondary N) is 1. The molecule has 1 aromatic heterocycles. The molecule has 1 saturated heterocycles. The lowest BCUT2D eigenvalue weighted by Gasteiger charge is -2.28. The Morgan fingerprint density at radius 2 is 1.77 bits per heavy atom. The maximum Gasteiger partial charge on any atom is 0.361 e. The van der Waals surface area contributed by atoms with Gasteiger partial charge in [-0.25, -0.2) is 9.78 Å². The van der Waals surface area contributed by atoms with Gasteiger partial charge in [-0.2, -0.15) is 0 Å². The number of morpholine rings is 1. The van der Waals surface area contributed by atoms with E-state index < -0.39 is 18.5 Å². The van der Waals surface area contributed by atoms with E-state index in [4.69, 9.17) is 13.9 Å². The standard InChI is InChI=1S/C23H23N3O5/c1-16-21(25-22(31-16)17-5-3-2-4-6-17)23(28)30-15-20(27)24-18-7-9-19(10-8-18)26-11-13-29-14-12-26/h2-10H,11-15H2,1H3,(H,24,27). The molecule has 8 nitrogen and oxygen atoms in total. The van der Waals surface area contributed by atoms with Crippen molar-refractivity contribution in [1.82, 2.24) is 4.98 Å². The van der Waals surface area contributed by atoms with E-state index in [9.17, 15) is 9.59 Å². The Morgan fingerprint density at radius 3 is 2.48 bits per heavy atom. The van der Waals surface area contributed by atoms with Crippen molar-refractivity contribution < 1.29 is 23.5 Å². The summed E-state index contributed by atoms with van der Waals surface area (Å²) in [5.41, 5.74) is 2.51. The number of benzene rings is 2. The first kappa shape index (κ1) is 20.6. The van der Waals surface area contributed by atoms with Crippen LogP contribution in [0.1, 0.15) is 16.2 Å². The number of esters is 1. The van der Waals surface area contributed by atoms with Crippen LogP contribution in [0, 0.1) is 6.92 Å². The fraction of sp³-hybridized carbons (Fsp3) is 0.261. The molecule has 0 unspecified atom stereocenters. The predicted octanol–water partition coefficient (Wildman–Crippen LogP) is 3.28. The van der Waals surface area contributed by atoms with E-state index in [1.807, 2.05) is 54.6 Å². The molecule has 31 heavy (non-hydrogen) atoms. The zero-order chi connectivity index (χ0) is 21.6. The quantitative estimate of drug-likeness (QED) is 0.611. The van der Waals surface area contributed by atoms with Gasteiger partial charge in [0.15, 0.2) is 12.3 Å². The number of rotatable bonds is 6. The van der Waals surface area contributed by atoms with E-state index in [1.54, 1.807) is 6.92 Å². The highest BCUT2D eigenvalue weighted by molar-refractivity contribution is 5.95. The van der Waals surface area contributed by atoms with E-state index >= 15 is 0 Å². The third-order valence-electron chi connectivity index (χ3n) is 4.87. The normalized spacial score (nSPS) is 13.6. The topological polar surface area (TPSA) is 93.9 Å². The van der Waals surface area contributed by atoms with Crippen LogP contribution >= 0.6 is 0 Å². The van der Waals surface area contributed by atoms with E-state index in [2.05, 4.69) is 15.2 Å². The molecule has 1 amide bonds. The first-order valence-corrected chi connectivity index (χ1v) is 10.0. The summed E-state index contributed by atoms with van der Waals surface area (Å²) in [5.74, 6) is -0.476. The molecule has 1 aliphatic rings. The van der Waals surface area contributed by atoms with Crippen LogP contribution in [0.3, 0.4) is 0 Å². The van der Waals surface area contributed by atoms with Crippen molar-refractivity contribution in [2.24, 2.45) is 0 Å². The van der Waals surface area contributed by atoms with Gasteiger partial charge in [-0.3, -0.25) is 4.79 Å². The molecule has 0 bridgehead atoms. The second-order valence-corrected chi connectivity index (χ2v) is 7.06. The van der Waals surface area contributed by atoms with Crippen molar-refractivity contribution in [1.29, 1.82) is 0 Å². The smallest absolute Gasteiger partial charge is 0.361 e. The van der Waals surface area contributed by atoms with Crippen molar-refractivity contribution in [2.75, 3.05) is 43.1 Å². The average Bonchev–Trinajstić information content (AvgIpc) is 3.21. The Labute approximate surface area is 179 Å². The molecular weight excluding hydrogens is 398 g/mol. The molecule has 2 heterocycles. The minimum absolute atomic E-state index is 0.0570. The molecule has 4 rings (SSSR count). The maximum atomic E-state index is 12.3. The van der Waals surface area contributed by atoms with Crippen molar-refractivity contribution in [3.8, 4) is 11.5 Å². The highest BCUT2D eigenvalue weighted by Crippen LogP contribution is 2.22. The lowest BCUT2D eigenvalue weighted by molar-refractivity contribution is -0.119. The highest BCUT2D eigenvalue weighted by atomic mass is 16.5. The van der Waals surface area contributed by atoms with E-state index in [1.165, 1.54) is 0 Å². The van der Waals surface area contributed by atoms with E-state index in [-0.39, 0.29) is 5.69 Å². The summed E-state index contributed by atoms with van der Waals surface area (Å²) in [7, 11) is 0. The zero-order valence-electron chi connectivity index (χ0n) is 17.2.